The number of rotatable bonds is 4. The van der Waals surface area contributed by atoms with E-state index in [9.17, 15) is 28.6 Å². The highest BCUT2D eigenvalue weighted by Gasteiger charge is 2.28. The maximum atomic E-state index is 11.1. The molecule has 0 saturated heterocycles. The Morgan fingerprint density at radius 1 is 1.17 bits per heavy atom. The van der Waals surface area contributed by atoms with Crippen LogP contribution >= 0.6 is 10.7 Å². The largest absolute Gasteiger partial charge is 0.280 e. The lowest BCUT2D eigenvalue weighted by atomic mass is 10.1. The SMILES string of the molecule is CCc1c([N+](=O)[O-])cc(S(=O)(=O)Cl)cc1[N+](=O)[O-]. The molecule has 1 aromatic rings. The Hall–Kier alpha value is -1.74. The Morgan fingerprint density at radius 3 is 1.78 bits per heavy atom. The van der Waals surface area contributed by atoms with E-state index in [2.05, 4.69) is 0 Å². The van der Waals surface area contributed by atoms with Gasteiger partial charge in [-0.25, -0.2) is 8.42 Å². The van der Waals surface area contributed by atoms with Crippen molar-refractivity contribution in [3.63, 3.8) is 0 Å². The van der Waals surface area contributed by atoms with Gasteiger partial charge in [0, 0.05) is 22.8 Å². The van der Waals surface area contributed by atoms with E-state index in [4.69, 9.17) is 10.7 Å². The van der Waals surface area contributed by atoms with E-state index < -0.39 is 35.2 Å². The minimum Gasteiger partial charge on any atom is -0.258 e. The zero-order valence-corrected chi connectivity index (χ0v) is 10.6. The molecule has 0 aliphatic heterocycles. The summed E-state index contributed by atoms with van der Waals surface area (Å²) in [6.45, 7) is 1.49. The molecule has 0 radical (unpaired) electrons. The molecular formula is C8H7ClN2O6S. The van der Waals surface area contributed by atoms with Gasteiger partial charge in [-0.1, -0.05) is 6.92 Å². The molecular weight excluding hydrogens is 288 g/mol. The second kappa shape index (κ2) is 4.86. The van der Waals surface area contributed by atoms with E-state index in [1.807, 2.05) is 0 Å². The van der Waals surface area contributed by atoms with Crippen molar-refractivity contribution in [1.29, 1.82) is 0 Å². The fraction of sp³-hybridized carbons (Fsp3) is 0.250. The molecule has 0 aliphatic carbocycles. The zero-order chi connectivity index (χ0) is 14.1. The topological polar surface area (TPSA) is 120 Å². The highest BCUT2D eigenvalue weighted by molar-refractivity contribution is 8.13. The van der Waals surface area contributed by atoms with Crippen molar-refractivity contribution in [3.05, 3.63) is 37.9 Å². The van der Waals surface area contributed by atoms with E-state index in [-0.39, 0.29) is 12.0 Å². The van der Waals surface area contributed by atoms with Crippen LogP contribution < -0.4 is 0 Å². The fourth-order valence-electron chi connectivity index (χ4n) is 1.45. The lowest BCUT2D eigenvalue weighted by molar-refractivity contribution is -0.395. The molecule has 1 aromatic carbocycles. The van der Waals surface area contributed by atoms with Gasteiger partial charge in [-0.15, -0.1) is 0 Å². The van der Waals surface area contributed by atoms with E-state index >= 15 is 0 Å². The lowest BCUT2D eigenvalue weighted by Gasteiger charge is -2.03. The Labute approximate surface area is 106 Å². The van der Waals surface area contributed by atoms with Gasteiger partial charge in [0.05, 0.1) is 14.7 Å². The van der Waals surface area contributed by atoms with Crippen LogP contribution in [0.3, 0.4) is 0 Å². The summed E-state index contributed by atoms with van der Waals surface area (Å²) in [5, 5.41) is 21.6. The van der Waals surface area contributed by atoms with Crippen LogP contribution in [0.1, 0.15) is 12.5 Å². The smallest absolute Gasteiger partial charge is 0.258 e. The van der Waals surface area contributed by atoms with Gasteiger partial charge in [0.25, 0.3) is 20.4 Å². The summed E-state index contributed by atoms with van der Waals surface area (Å²) in [4.78, 5) is 19.1. The summed E-state index contributed by atoms with van der Waals surface area (Å²) in [7, 11) is 0.758. The Balaban J connectivity index is 3.76. The van der Waals surface area contributed by atoms with Gasteiger partial charge in [-0.05, 0) is 6.42 Å². The number of nitro benzene ring substituents is 2. The molecule has 0 N–H and O–H groups in total. The predicted octanol–water partition coefficient (Wildman–Crippen LogP) is 1.99. The van der Waals surface area contributed by atoms with Crippen LogP contribution in [0.5, 0.6) is 0 Å². The second-order valence-corrected chi connectivity index (χ2v) is 5.81. The second-order valence-electron chi connectivity index (χ2n) is 3.25. The summed E-state index contributed by atoms with van der Waals surface area (Å²) in [6, 6.07) is 1.43. The van der Waals surface area contributed by atoms with Gasteiger partial charge in [0.2, 0.25) is 0 Å². The average molecular weight is 295 g/mol. The maximum Gasteiger partial charge on any atom is 0.280 e. The van der Waals surface area contributed by atoms with Gasteiger partial charge >= 0.3 is 0 Å². The van der Waals surface area contributed by atoms with Crippen molar-refractivity contribution in [3.8, 4) is 0 Å². The van der Waals surface area contributed by atoms with Crippen LogP contribution in [-0.4, -0.2) is 18.3 Å². The minimum atomic E-state index is -4.28. The van der Waals surface area contributed by atoms with Crippen molar-refractivity contribution in [2.75, 3.05) is 0 Å². The molecule has 8 nitrogen and oxygen atoms in total. The van der Waals surface area contributed by atoms with E-state index in [0.717, 1.165) is 0 Å². The van der Waals surface area contributed by atoms with Crippen molar-refractivity contribution in [1.82, 2.24) is 0 Å². The number of nitrogens with zero attached hydrogens (tertiary/aromatic N) is 2. The van der Waals surface area contributed by atoms with Crippen molar-refractivity contribution in [2.45, 2.75) is 18.2 Å². The number of nitro groups is 2. The van der Waals surface area contributed by atoms with Crippen LogP contribution in [0.2, 0.25) is 0 Å². The van der Waals surface area contributed by atoms with Gasteiger partial charge in [0.1, 0.15) is 5.56 Å². The van der Waals surface area contributed by atoms with Crippen LogP contribution in [0, 0.1) is 20.2 Å². The first-order valence-corrected chi connectivity index (χ1v) is 6.89. The van der Waals surface area contributed by atoms with Crippen molar-refractivity contribution < 1.29 is 18.3 Å². The third kappa shape index (κ3) is 2.74. The Bertz CT molecular complexity index is 591. The number of hydrogen-bond acceptors (Lipinski definition) is 6. The van der Waals surface area contributed by atoms with E-state index in [1.165, 1.54) is 6.92 Å². The molecule has 0 aromatic heterocycles. The molecule has 0 amide bonds. The molecule has 98 valence electrons. The van der Waals surface area contributed by atoms with E-state index in [1.54, 1.807) is 0 Å². The minimum absolute atomic E-state index is 0.0231. The Kier molecular flexibility index (Phi) is 3.87. The molecule has 0 unspecified atom stereocenters. The first-order valence-electron chi connectivity index (χ1n) is 4.58. The molecule has 10 heteroatoms. The highest BCUT2D eigenvalue weighted by Crippen LogP contribution is 2.33. The van der Waals surface area contributed by atoms with Gasteiger partial charge < -0.3 is 0 Å². The molecule has 1 rings (SSSR count). The highest BCUT2D eigenvalue weighted by atomic mass is 35.7. The number of halogens is 1. The predicted molar refractivity (Wildman–Crippen MR) is 62.2 cm³/mol. The van der Waals surface area contributed by atoms with Crippen LogP contribution in [0.15, 0.2) is 17.0 Å². The maximum absolute atomic E-state index is 11.1. The fourth-order valence-corrected chi connectivity index (χ4v) is 2.22. The molecule has 0 heterocycles. The summed E-state index contributed by atoms with van der Waals surface area (Å²) < 4.78 is 22.2. The zero-order valence-electron chi connectivity index (χ0n) is 8.99. The standard InChI is InChI=1S/C8H7ClN2O6S/c1-2-6-7(10(12)13)3-5(18(9,16)17)4-8(6)11(14)15/h3-4H,2H2,1H3. The van der Waals surface area contributed by atoms with Crippen LogP contribution in [0.25, 0.3) is 0 Å². The summed E-state index contributed by atoms with van der Waals surface area (Å²) in [6.07, 6.45) is 0.0231. The number of hydrogen-bond donors (Lipinski definition) is 0. The quantitative estimate of drug-likeness (QED) is 0.475. The van der Waals surface area contributed by atoms with Gasteiger partial charge in [-0.3, -0.25) is 20.2 Å². The van der Waals surface area contributed by atoms with Crippen molar-refractivity contribution >= 4 is 31.1 Å². The first kappa shape index (κ1) is 14.3. The molecule has 0 fully saturated rings. The lowest BCUT2D eigenvalue weighted by Crippen LogP contribution is -2.03. The Morgan fingerprint density at radius 2 is 1.56 bits per heavy atom. The van der Waals surface area contributed by atoms with Crippen LogP contribution in [0.4, 0.5) is 11.4 Å². The molecule has 0 bridgehead atoms. The third-order valence-electron chi connectivity index (χ3n) is 2.20. The number of benzene rings is 1. The van der Waals surface area contributed by atoms with Gasteiger partial charge in [-0.2, -0.15) is 0 Å². The molecule has 0 spiro atoms. The molecule has 0 aliphatic rings. The molecule has 0 atom stereocenters. The summed E-state index contributed by atoms with van der Waals surface area (Å²) in [5.74, 6) is 0. The normalized spacial score (nSPS) is 11.2. The summed E-state index contributed by atoms with van der Waals surface area (Å²) in [5.41, 5.74) is -1.41. The monoisotopic (exact) mass is 294 g/mol. The first-order chi connectivity index (χ1) is 8.18. The van der Waals surface area contributed by atoms with Gasteiger partial charge in [0.15, 0.2) is 0 Å². The molecule has 18 heavy (non-hydrogen) atoms. The molecule has 0 saturated carbocycles. The summed E-state index contributed by atoms with van der Waals surface area (Å²) >= 11 is 0. The third-order valence-corrected chi connectivity index (χ3v) is 3.54. The van der Waals surface area contributed by atoms with E-state index in [0.29, 0.717) is 12.1 Å². The van der Waals surface area contributed by atoms with Crippen molar-refractivity contribution in [2.24, 2.45) is 0 Å². The van der Waals surface area contributed by atoms with Crippen LogP contribution in [-0.2, 0) is 15.5 Å². The average Bonchev–Trinajstić information content (AvgIpc) is 2.25.